The number of aryl methyl sites for hydroxylation is 1. The lowest BCUT2D eigenvalue weighted by Crippen LogP contribution is -2.36. The highest BCUT2D eigenvalue weighted by Crippen LogP contribution is 2.23. The van der Waals surface area contributed by atoms with Crippen molar-refractivity contribution in [2.24, 2.45) is 0 Å². The lowest BCUT2D eigenvalue weighted by Gasteiger charge is -2.20. The summed E-state index contributed by atoms with van der Waals surface area (Å²) in [5.74, 6) is 0.933. The first-order chi connectivity index (χ1) is 13.3. The van der Waals surface area contributed by atoms with E-state index < -0.39 is 10.0 Å². The SMILES string of the molecule is Cc1cc(N2CC[C@@H](NS(C)(=O)=O)C2)n2nc(Cc3ccc(Cl)cc3)cc2n1. The van der Waals surface area contributed by atoms with Crippen LogP contribution < -0.4 is 9.62 Å². The number of nitrogens with one attached hydrogen (secondary N) is 1. The van der Waals surface area contributed by atoms with Crippen molar-refractivity contribution in [3.8, 4) is 0 Å². The molecule has 148 valence electrons. The maximum absolute atomic E-state index is 11.5. The standard InChI is InChI=1S/C19H22ClN5O2S/c1-13-9-19(24-8-7-16(12-24)23-28(2,26)27)25-18(21-13)11-17(22-25)10-14-3-5-15(20)6-4-14/h3-6,9,11,16,23H,7-8,10,12H2,1-2H3/t16-/m1/s1. The van der Waals surface area contributed by atoms with E-state index in [2.05, 4.69) is 14.6 Å². The van der Waals surface area contributed by atoms with E-state index in [0.29, 0.717) is 18.0 Å². The molecule has 1 atom stereocenters. The molecule has 4 rings (SSSR count). The fourth-order valence-corrected chi connectivity index (χ4v) is 4.54. The third kappa shape index (κ3) is 4.29. The van der Waals surface area contributed by atoms with Crippen molar-refractivity contribution in [2.45, 2.75) is 25.8 Å². The molecule has 7 nitrogen and oxygen atoms in total. The summed E-state index contributed by atoms with van der Waals surface area (Å²) in [6.07, 6.45) is 2.65. The molecule has 1 aliphatic heterocycles. The van der Waals surface area contributed by atoms with Crippen LogP contribution in [0.15, 0.2) is 36.4 Å². The van der Waals surface area contributed by atoms with Gasteiger partial charge in [0, 0.05) is 48.4 Å². The Bertz CT molecular complexity index is 1110. The first-order valence-electron chi connectivity index (χ1n) is 9.10. The molecule has 9 heteroatoms. The van der Waals surface area contributed by atoms with Gasteiger partial charge in [-0.1, -0.05) is 23.7 Å². The third-order valence-electron chi connectivity index (χ3n) is 4.78. The van der Waals surface area contributed by atoms with E-state index in [4.69, 9.17) is 16.7 Å². The molecule has 0 amide bonds. The number of halogens is 1. The minimum absolute atomic E-state index is 0.0948. The zero-order chi connectivity index (χ0) is 19.9. The number of rotatable bonds is 5. The minimum Gasteiger partial charge on any atom is -0.355 e. The molecular weight excluding hydrogens is 398 g/mol. The Hall–Kier alpha value is -2.16. The van der Waals surface area contributed by atoms with Gasteiger partial charge in [0.25, 0.3) is 0 Å². The molecule has 3 heterocycles. The molecule has 0 unspecified atom stereocenters. The van der Waals surface area contributed by atoms with E-state index in [1.54, 1.807) is 0 Å². The predicted octanol–water partition coefficient (Wildman–Crippen LogP) is 2.41. The molecule has 0 saturated carbocycles. The van der Waals surface area contributed by atoms with Crippen molar-refractivity contribution in [3.05, 3.63) is 58.4 Å². The Morgan fingerprint density at radius 3 is 2.71 bits per heavy atom. The van der Waals surface area contributed by atoms with E-state index in [1.807, 2.05) is 47.8 Å². The highest BCUT2D eigenvalue weighted by molar-refractivity contribution is 7.88. The first kappa shape index (κ1) is 19.2. The summed E-state index contributed by atoms with van der Waals surface area (Å²) in [5, 5.41) is 5.47. The van der Waals surface area contributed by atoms with Gasteiger partial charge in [-0.2, -0.15) is 9.61 Å². The average Bonchev–Trinajstić information content (AvgIpc) is 3.21. The third-order valence-corrected chi connectivity index (χ3v) is 5.79. The van der Waals surface area contributed by atoms with Crippen molar-refractivity contribution in [1.29, 1.82) is 0 Å². The van der Waals surface area contributed by atoms with Gasteiger partial charge in [-0.3, -0.25) is 0 Å². The van der Waals surface area contributed by atoms with Gasteiger partial charge < -0.3 is 4.90 Å². The van der Waals surface area contributed by atoms with Crippen molar-refractivity contribution in [3.63, 3.8) is 0 Å². The lowest BCUT2D eigenvalue weighted by atomic mass is 10.1. The van der Waals surface area contributed by atoms with Gasteiger partial charge in [0.05, 0.1) is 11.9 Å². The number of nitrogens with zero attached hydrogens (tertiary/aromatic N) is 4. The fourth-order valence-electron chi connectivity index (χ4n) is 3.62. The predicted molar refractivity (Wildman–Crippen MR) is 111 cm³/mol. The summed E-state index contributed by atoms with van der Waals surface area (Å²) >= 11 is 5.96. The van der Waals surface area contributed by atoms with Crippen LogP contribution in [0.4, 0.5) is 5.82 Å². The van der Waals surface area contributed by atoms with Gasteiger partial charge in [0.15, 0.2) is 5.65 Å². The number of sulfonamides is 1. The molecule has 0 spiro atoms. The van der Waals surface area contributed by atoms with E-state index >= 15 is 0 Å². The Balaban J connectivity index is 1.62. The number of hydrogen-bond acceptors (Lipinski definition) is 5. The zero-order valence-electron chi connectivity index (χ0n) is 15.8. The second-order valence-corrected chi connectivity index (χ2v) is 9.50. The highest BCUT2D eigenvalue weighted by atomic mass is 35.5. The largest absolute Gasteiger partial charge is 0.355 e. The Morgan fingerprint density at radius 1 is 1.25 bits per heavy atom. The van der Waals surface area contributed by atoms with Crippen LogP contribution >= 0.6 is 11.6 Å². The molecule has 0 aliphatic carbocycles. The van der Waals surface area contributed by atoms with E-state index in [9.17, 15) is 8.42 Å². The van der Waals surface area contributed by atoms with Crippen LogP contribution in [0, 0.1) is 6.92 Å². The Kier molecular flexibility index (Phi) is 5.03. The van der Waals surface area contributed by atoms with Gasteiger partial charge in [0.2, 0.25) is 10.0 Å². The molecule has 2 aromatic heterocycles. The molecule has 0 radical (unpaired) electrons. The molecule has 1 fully saturated rings. The quantitative estimate of drug-likeness (QED) is 0.687. The average molecular weight is 420 g/mol. The monoisotopic (exact) mass is 419 g/mol. The molecule has 1 saturated heterocycles. The van der Waals surface area contributed by atoms with Crippen LogP contribution in [-0.2, 0) is 16.4 Å². The molecule has 1 aromatic carbocycles. The zero-order valence-corrected chi connectivity index (χ0v) is 17.3. The van der Waals surface area contributed by atoms with Gasteiger partial charge in [-0.25, -0.2) is 18.1 Å². The number of benzene rings is 1. The van der Waals surface area contributed by atoms with Crippen molar-refractivity contribution in [2.75, 3.05) is 24.2 Å². The van der Waals surface area contributed by atoms with Crippen LogP contribution in [0.1, 0.15) is 23.4 Å². The van der Waals surface area contributed by atoms with Gasteiger partial charge >= 0.3 is 0 Å². The molecule has 1 aliphatic rings. The number of fused-ring (bicyclic) bond motifs is 1. The molecule has 3 aromatic rings. The fraction of sp³-hybridized carbons (Fsp3) is 0.368. The summed E-state index contributed by atoms with van der Waals surface area (Å²) in [4.78, 5) is 6.76. The van der Waals surface area contributed by atoms with Gasteiger partial charge in [0.1, 0.15) is 5.82 Å². The van der Waals surface area contributed by atoms with Gasteiger partial charge in [-0.05, 0) is 31.0 Å². The normalized spacial score (nSPS) is 17.5. The molecule has 0 bridgehead atoms. The summed E-state index contributed by atoms with van der Waals surface area (Å²) in [5.41, 5.74) is 3.75. The van der Waals surface area contributed by atoms with Crippen molar-refractivity contribution >= 4 is 33.1 Å². The summed E-state index contributed by atoms with van der Waals surface area (Å²) in [7, 11) is -3.22. The topological polar surface area (TPSA) is 79.6 Å². The van der Waals surface area contributed by atoms with Crippen LogP contribution in [-0.4, -0.2) is 48.4 Å². The summed E-state index contributed by atoms with van der Waals surface area (Å²) < 4.78 is 27.6. The van der Waals surface area contributed by atoms with Gasteiger partial charge in [-0.15, -0.1) is 0 Å². The second-order valence-electron chi connectivity index (χ2n) is 7.29. The van der Waals surface area contributed by atoms with E-state index in [1.165, 1.54) is 6.26 Å². The van der Waals surface area contributed by atoms with Crippen LogP contribution in [0.2, 0.25) is 5.02 Å². The van der Waals surface area contributed by atoms with Crippen LogP contribution in [0.25, 0.3) is 5.65 Å². The molecule has 1 N–H and O–H groups in total. The van der Waals surface area contributed by atoms with Crippen molar-refractivity contribution in [1.82, 2.24) is 19.3 Å². The smallest absolute Gasteiger partial charge is 0.209 e. The number of aromatic nitrogens is 3. The first-order valence-corrected chi connectivity index (χ1v) is 11.4. The maximum Gasteiger partial charge on any atom is 0.209 e. The van der Waals surface area contributed by atoms with Crippen LogP contribution in [0.5, 0.6) is 0 Å². The summed E-state index contributed by atoms with van der Waals surface area (Å²) in [6.45, 7) is 3.33. The highest BCUT2D eigenvalue weighted by Gasteiger charge is 2.27. The number of hydrogen-bond donors (Lipinski definition) is 1. The second kappa shape index (κ2) is 7.35. The maximum atomic E-state index is 11.5. The lowest BCUT2D eigenvalue weighted by molar-refractivity contribution is 0.567. The molecule has 28 heavy (non-hydrogen) atoms. The van der Waals surface area contributed by atoms with Crippen molar-refractivity contribution < 1.29 is 8.42 Å². The minimum atomic E-state index is -3.22. The Labute approximate surface area is 169 Å². The number of anilines is 1. The summed E-state index contributed by atoms with van der Waals surface area (Å²) in [6, 6.07) is 11.6. The Morgan fingerprint density at radius 2 is 2.00 bits per heavy atom. The molecular formula is C19H22ClN5O2S. The van der Waals surface area contributed by atoms with E-state index in [-0.39, 0.29) is 6.04 Å². The van der Waals surface area contributed by atoms with Crippen LogP contribution in [0.3, 0.4) is 0 Å². The van der Waals surface area contributed by atoms with E-state index in [0.717, 1.165) is 41.4 Å².